The number of pyridine rings is 1. The number of carbonyl (C=O) groups excluding carboxylic acids is 1. The molecule has 7 heteroatoms. The molecule has 3 N–H and O–H groups in total. The number of aliphatic carboxylic acids is 1. The molecule has 0 spiro atoms. The van der Waals surface area contributed by atoms with E-state index in [1.165, 1.54) is 0 Å². The minimum atomic E-state index is -1.66. The second-order valence-electron chi connectivity index (χ2n) is 9.84. The van der Waals surface area contributed by atoms with Crippen molar-refractivity contribution in [1.82, 2.24) is 4.98 Å². The van der Waals surface area contributed by atoms with Gasteiger partial charge in [0.15, 0.2) is 0 Å². The molecule has 0 atom stereocenters. The van der Waals surface area contributed by atoms with Crippen molar-refractivity contribution < 1.29 is 19.1 Å². The normalized spacial score (nSPS) is 11.1. The van der Waals surface area contributed by atoms with Gasteiger partial charge in [-0.25, -0.2) is 4.79 Å². The average Bonchev–Trinajstić information content (AvgIpc) is 3.38. The van der Waals surface area contributed by atoms with E-state index in [2.05, 4.69) is 10.3 Å². The lowest BCUT2D eigenvalue weighted by Crippen LogP contribution is -2.27. The summed E-state index contributed by atoms with van der Waals surface area (Å²) < 4.78 is 6.21. The number of fused-ring (bicyclic) bond motifs is 3. The Bertz CT molecular complexity index is 1950. The molecule has 1 amide bonds. The average molecular weight is 543 g/mol. The summed E-state index contributed by atoms with van der Waals surface area (Å²) in [6.45, 7) is 0. The number of nitrogens with one attached hydrogen (secondary N) is 2. The van der Waals surface area contributed by atoms with Gasteiger partial charge in [-0.05, 0) is 47.6 Å². The zero-order chi connectivity index (χ0) is 28.3. The van der Waals surface area contributed by atoms with Crippen LogP contribution in [0, 0.1) is 0 Å². The molecule has 41 heavy (non-hydrogen) atoms. The number of carbonyl (C=O) groups is 2. The van der Waals surface area contributed by atoms with Crippen LogP contribution in [0.25, 0.3) is 44.2 Å². The number of carboxylic acids is 1. The van der Waals surface area contributed by atoms with E-state index in [0.717, 1.165) is 50.6 Å². The van der Waals surface area contributed by atoms with Gasteiger partial charge in [0.1, 0.15) is 16.9 Å². The molecule has 0 radical (unpaired) electrons. The van der Waals surface area contributed by atoms with Crippen LogP contribution in [0.15, 0.2) is 112 Å². The van der Waals surface area contributed by atoms with E-state index in [-0.39, 0.29) is 5.69 Å². The molecule has 2 heterocycles. The number of amides is 1. The van der Waals surface area contributed by atoms with Crippen LogP contribution in [0.2, 0.25) is 0 Å². The van der Waals surface area contributed by atoms with Crippen molar-refractivity contribution in [1.29, 1.82) is 0 Å². The highest BCUT2D eigenvalue weighted by Gasteiger charge is 2.20. The molecular weight excluding hydrogens is 516 g/mol. The summed E-state index contributed by atoms with van der Waals surface area (Å²) in [5.41, 5.74) is 6.25. The third kappa shape index (κ3) is 5.13. The standard InChI is InChI=1S/C34H26N2O5/c37-32-30(36-33(38)34(39)40)26(13-6-10-21-8-2-1-3-9-21)28(20-35-32)23-18-16-22(17-19-23)24-12-7-14-27-25-11-4-5-15-29(25)41-31(24)27/h1-5,7-9,11-12,14-20H,6,10,13H2,(H,35,37)(H,36,38)(H,39,40). The molecule has 0 saturated carbocycles. The van der Waals surface area contributed by atoms with Crippen LogP contribution in [-0.2, 0) is 22.4 Å². The number of hydrogen-bond donors (Lipinski definition) is 3. The van der Waals surface area contributed by atoms with Crippen LogP contribution in [0.5, 0.6) is 0 Å². The molecular formula is C34H26N2O5. The molecule has 6 rings (SSSR count). The van der Waals surface area contributed by atoms with Gasteiger partial charge in [0.2, 0.25) is 0 Å². The van der Waals surface area contributed by atoms with Crippen molar-refractivity contribution in [2.45, 2.75) is 19.3 Å². The van der Waals surface area contributed by atoms with E-state index in [4.69, 9.17) is 9.52 Å². The van der Waals surface area contributed by atoms with Crippen molar-refractivity contribution in [3.63, 3.8) is 0 Å². The van der Waals surface area contributed by atoms with Crippen LogP contribution in [0.4, 0.5) is 5.69 Å². The Morgan fingerprint density at radius 3 is 2.20 bits per heavy atom. The molecule has 0 aliphatic rings. The third-order valence-corrected chi connectivity index (χ3v) is 7.28. The lowest BCUT2D eigenvalue weighted by molar-refractivity contribution is -0.147. The van der Waals surface area contributed by atoms with Gasteiger partial charge < -0.3 is 19.8 Å². The fourth-order valence-electron chi connectivity index (χ4n) is 5.30. The number of furan rings is 1. The van der Waals surface area contributed by atoms with Gasteiger partial charge >= 0.3 is 11.9 Å². The van der Waals surface area contributed by atoms with Crippen molar-refractivity contribution in [2.75, 3.05) is 5.32 Å². The fraction of sp³-hybridized carbons (Fsp3) is 0.0882. The summed E-state index contributed by atoms with van der Waals surface area (Å²) in [5.74, 6) is -2.92. The Morgan fingerprint density at radius 1 is 0.756 bits per heavy atom. The van der Waals surface area contributed by atoms with Gasteiger partial charge in [0, 0.05) is 28.1 Å². The van der Waals surface area contributed by atoms with E-state index in [1.54, 1.807) is 6.20 Å². The number of H-pyrrole nitrogens is 1. The minimum absolute atomic E-state index is 0.0425. The van der Waals surface area contributed by atoms with Crippen LogP contribution in [0.1, 0.15) is 17.5 Å². The number of anilines is 1. The predicted octanol–water partition coefficient (Wildman–Crippen LogP) is 6.81. The smallest absolute Gasteiger partial charge is 0.394 e. The van der Waals surface area contributed by atoms with Crippen molar-refractivity contribution in [2.24, 2.45) is 0 Å². The number of carboxylic acid groups (broad SMARTS) is 1. The zero-order valence-electron chi connectivity index (χ0n) is 22.0. The molecule has 0 unspecified atom stereocenters. The first kappa shape index (κ1) is 25.8. The second-order valence-corrected chi connectivity index (χ2v) is 9.84. The summed E-state index contributed by atoms with van der Waals surface area (Å²) in [6.07, 6.45) is 3.54. The molecule has 7 nitrogen and oxygen atoms in total. The van der Waals surface area contributed by atoms with Gasteiger partial charge in [-0.1, -0.05) is 91.0 Å². The molecule has 0 saturated heterocycles. The summed E-state index contributed by atoms with van der Waals surface area (Å²) >= 11 is 0. The highest BCUT2D eigenvalue weighted by atomic mass is 16.4. The highest BCUT2D eigenvalue weighted by molar-refractivity contribution is 6.36. The molecule has 0 aliphatic heterocycles. The first-order valence-corrected chi connectivity index (χ1v) is 13.3. The summed E-state index contributed by atoms with van der Waals surface area (Å²) in [7, 11) is 0. The van der Waals surface area contributed by atoms with Crippen LogP contribution in [0.3, 0.4) is 0 Å². The molecule has 0 aliphatic carbocycles. The Balaban J connectivity index is 1.38. The molecule has 0 bridgehead atoms. The lowest BCUT2D eigenvalue weighted by atomic mass is 9.94. The summed E-state index contributed by atoms with van der Waals surface area (Å²) in [4.78, 5) is 38.8. The maximum absolute atomic E-state index is 12.8. The number of benzene rings is 4. The van der Waals surface area contributed by atoms with E-state index in [9.17, 15) is 14.4 Å². The highest BCUT2D eigenvalue weighted by Crippen LogP contribution is 2.37. The second kappa shape index (κ2) is 11.0. The quantitative estimate of drug-likeness (QED) is 0.192. The number of aryl methyl sites for hydroxylation is 1. The first-order valence-electron chi connectivity index (χ1n) is 13.3. The SMILES string of the molecule is O=C(O)C(=O)Nc1c(CCCc2ccccc2)c(-c2ccc(-c3cccc4c3oc3ccccc34)cc2)c[nH]c1=O. The number of hydrogen-bond acceptors (Lipinski definition) is 4. The van der Waals surface area contributed by atoms with Gasteiger partial charge in [-0.2, -0.15) is 0 Å². The monoisotopic (exact) mass is 542 g/mol. The fourth-order valence-corrected chi connectivity index (χ4v) is 5.30. The Hall–Kier alpha value is -5.43. The van der Waals surface area contributed by atoms with Gasteiger partial charge in [-0.3, -0.25) is 9.59 Å². The molecule has 2 aromatic heterocycles. The predicted molar refractivity (Wildman–Crippen MR) is 160 cm³/mol. The van der Waals surface area contributed by atoms with Crippen LogP contribution >= 0.6 is 0 Å². The third-order valence-electron chi connectivity index (χ3n) is 7.28. The number of aromatic nitrogens is 1. The molecule has 202 valence electrons. The van der Waals surface area contributed by atoms with Crippen LogP contribution in [-0.4, -0.2) is 22.0 Å². The number of rotatable bonds is 7. The van der Waals surface area contributed by atoms with Gasteiger partial charge in [0.05, 0.1) is 0 Å². The Kier molecular flexibility index (Phi) is 6.92. The number of para-hydroxylation sites is 2. The van der Waals surface area contributed by atoms with E-state index in [0.29, 0.717) is 24.0 Å². The summed E-state index contributed by atoms with van der Waals surface area (Å²) in [5, 5.41) is 13.6. The van der Waals surface area contributed by atoms with E-state index >= 15 is 0 Å². The lowest BCUT2D eigenvalue weighted by Gasteiger charge is -2.15. The summed E-state index contributed by atoms with van der Waals surface area (Å²) in [6, 6.07) is 31.9. The first-order chi connectivity index (χ1) is 20.0. The maximum atomic E-state index is 12.8. The molecule has 0 fully saturated rings. The Morgan fingerprint density at radius 2 is 1.44 bits per heavy atom. The topological polar surface area (TPSA) is 112 Å². The maximum Gasteiger partial charge on any atom is 0.394 e. The largest absolute Gasteiger partial charge is 0.474 e. The molecule has 4 aromatic carbocycles. The van der Waals surface area contributed by atoms with E-state index in [1.807, 2.05) is 97.1 Å². The molecule has 6 aromatic rings. The van der Waals surface area contributed by atoms with Crippen molar-refractivity contribution >= 4 is 39.5 Å². The van der Waals surface area contributed by atoms with Crippen LogP contribution < -0.4 is 10.9 Å². The Labute approximate surface area is 235 Å². The zero-order valence-corrected chi connectivity index (χ0v) is 22.0. The van der Waals surface area contributed by atoms with Crippen molar-refractivity contribution in [3.05, 3.63) is 125 Å². The minimum Gasteiger partial charge on any atom is -0.474 e. The number of aromatic amines is 1. The van der Waals surface area contributed by atoms with Crippen molar-refractivity contribution in [3.8, 4) is 22.3 Å². The van der Waals surface area contributed by atoms with Gasteiger partial charge in [-0.15, -0.1) is 0 Å². The van der Waals surface area contributed by atoms with E-state index < -0.39 is 17.4 Å². The van der Waals surface area contributed by atoms with Gasteiger partial charge in [0.25, 0.3) is 5.56 Å².